The SMILES string of the molecule is CC(CNCCOc1ccc(Br)cc1)C(C)(C)C. The van der Waals surface area contributed by atoms with Crippen LogP contribution in [0.1, 0.15) is 27.7 Å². The van der Waals surface area contributed by atoms with Crippen molar-refractivity contribution < 1.29 is 4.74 Å². The van der Waals surface area contributed by atoms with E-state index in [9.17, 15) is 0 Å². The van der Waals surface area contributed by atoms with E-state index >= 15 is 0 Å². The Morgan fingerprint density at radius 3 is 2.39 bits per heavy atom. The summed E-state index contributed by atoms with van der Waals surface area (Å²) in [4.78, 5) is 0. The van der Waals surface area contributed by atoms with Crippen LogP contribution in [-0.4, -0.2) is 19.7 Å². The maximum absolute atomic E-state index is 5.65. The van der Waals surface area contributed by atoms with Gasteiger partial charge in [0.25, 0.3) is 0 Å². The van der Waals surface area contributed by atoms with E-state index in [1.165, 1.54) is 0 Å². The first kappa shape index (κ1) is 15.5. The number of hydrogen-bond acceptors (Lipinski definition) is 2. The Labute approximate surface area is 119 Å². The first-order chi connectivity index (χ1) is 8.39. The highest BCUT2D eigenvalue weighted by molar-refractivity contribution is 9.10. The first-order valence-electron chi connectivity index (χ1n) is 6.48. The third kappa shape index (κ3) is 5.87. The molecule has 2 nitrogen and oxygen atoms in total. The highest BCUT2D eigenvalue weighted by Gasteiger charge is 2.18. The highest BCUT2D eigenvalue weighted by Crippen LogP contribution is 2.24. The molecule has 102 valence electrons. The maximum atomic E-state index is 5.65. The average molecular weight is 314 g/mol. The lowest BCUT2D eigenvalue weighted by Crippen LogP contribution is -2.32. The quantitative estimate of drug-likeness (QED) is 0.798. The Morgan fingerprint density at radius 2 is 1.83 bits per heavy atom. The molecule has 0 aromatic heterocycles. The topological polar surface area (TPSA) is 21.3 Å². The molecule has 0 saturated carbocycles. The molecule has 0 aliphatic heterocycles. The Bertz CT molecular complexity index is 343. The molecule has 0 spiro atoms. The van der Waals surface area contributed by atoms with Crippen LogP contribution in [0.3, 0.4) is 0 Å². The number of halogens is 1. The molecule has 0 fully saturated rings. The van der Waals surface area contributed by atoms with Gasteiger partial charge in [-0.25, -0.2) is 0 Å². The Hall–Kier alpha value is -0.540. The van der Waals surface area contributed by atoms with Gasteiger partial charge in [0, 0.05) is 11.0 Å². The summed E-state index contributed by atoms with van der Waals surface area (Å²) in [7, 11) is 0. The molecule has 0 amide bonds. The Morgan fingerprint density at radius 1 is 1.22 bits per heavy atom. The highest BCUT2D eigenvalue weighted by atomic mass is 79.9. The van der Waals surface area contributed by atoms with E-state index in [2.05, 4.69) is 48.9 Å². The molecule has 1 N–H and O–H groups in total. The second kappa shape index (κ2) is 7.15. The van der Waals surface area contributed by atoms with Crippen LogP contribution in [0.2, 0.25) is 0 Å². The minimum absolute atomic E-state index is 0.361. The molecule has 1 unspecified atom stereocenters. The van der Waals surface area contributed by atoms with Crippen LogP contribution in [0.25, 0.3) is 0 Å². The van der Waals surface area contributed by atoms with Gasteiger partial charge in [0.05, 0.1) is 0 Å². The van der Waals surface area contributed by atoms with Crippen LogP contribution in [0.5, 0.6) is 5.75 Å². The van der Waals surface area contributed by atoms with Crippen LogP contribution in [0.4, 0.5) is 0 Å². The zero-order valence-electron chi connectivity index (χ0n) is 11.8. The van der Waals surface area contributed by atoms with Gasteiger partial charge in [-0.05, 0) is 42.1 Å². The Balaban J connectivity index is 2.14. The summed E-state index contributed by atoms with van der Waals surface area (Å²) in [6.45, 7) is 11.7. The van der Waals surface area contributed by atoms with Gasteiger partial charge in [-0.15, -0.1) is 0 Å². The fourth-order valence-corrected chi connectivity index (χ4v) is 1.66. The fraction of sp³-hybridized carbons (Fsp3) is 0.600. The van der Waals surface area contributed by atoms with E-state index < -0.39 is 0 Å². The number of benzene rings is 1. The molecule has 3 heteroatoms. The minimum atomic E-state index is 0.361. The van der Waals surface area contributed by atoms with E-state index in [-0.39, 0.29) is 0 Å². The van der Waals surface area contributed by atoms with Crippen LogP contribution in [-0.2, 0) is 0 Å². The van der Waals surface area contributed by atoms with Gasteiger partial charge >= 0.3 is 0 Å². The van der Waals surface area contributed by atoms with Crippen molar-refractivity contribution in [3.63, 3.8) is 0 Å². The van der Waals surface area contributed by atoms with E-state index in [0.717, 1.165) is 23.3 Å². The molecule has 1 atom stereocenters. The lowest BCUT2D eigenvalue weighted by Gasteiger charge is -2.27. The van der Waals surface area contributed by atoms with E-state index in [1.54, 1.807) is 0 Å². The summed E-state index contributed by atoms with van der Waals surface area (Å²) in [5, 5.41) is 3.44. The van der Waals surface area contributed by atoms with Gasteiger partial charge in [0.2, 0.25) is 0 Å². The van der Waals surface area contributed by atoms with Gasteiger partial charge in [0.15, 0.2) is 0 Å². The standard InChI is InChI=1S/C15H24BrNO/c1-12(15(2,3)4)11-17-9-10-18-14-7-5-13(16)6-8-14/h5-8,12,17H,9-11H2,1-4H3. The third-order valence-electron chi connectivity index (χ3n) is 3.29. The van der Waals surface area contributed by atoms with Gasteiger partial charge in [-0.3, -0.25) is 0 Å². The zero-order valence-corrected chi connectivity index (χ0v) is 13.4. The molecule has 0 aliphatic carbocycles. The lowest BCUT2D eigenvalue weighted by atomic mass is 9.82. The monoisotopic (exact) mass is 313 g/mol. The molecule has 0 saturated heterocycles. The molecule has 1 aromatic carbocycles. The zero-order chi connectivity index (χ0) is 13.6. The van der Waals surface area contributed by atoms with Crippen molar-refractivity contribution in [3.8, 4) is 5.75 Å². The van der Waals surface area contributed by atoms with E-state index in [4.69, 9.17) is 4.74 Å². The average Bonchev–Trinajstić information content (AvgIpc) is 2.29. The van der Waals surface area contributed by atoms with Crippen molar-refractivity contribution >= 4 is 15.9 Å². The van der Waals surface area contributed by atoms with Crippen molar-refractivity contribution in [1.82, 2.24) is 5.32 Å². The van der Waals surface area contributed by atoms with Crippen molar-refractivity contribution in [1.29, 1.82) is 0 Å². The number of ether oxygens (including phenoxy) is 1. The molecule has 1 aromatic rings. The summed E-state index contributed by atoms with van der Waals surface area (Å²) in [5.74, 6) is 1.58. The normalized spacial score (nSPS) is 13.4. The molecule has 0 heterocycles. The Kier molecular flexibility index (Phi) is 6.16. The summed E-state index contributed by atoms with van der Waals surface area (Å²) in [6.07, 6.45) is 0. The van der Waals surface area contributed by atoms with Crippen molar-refractivity contribution in [2.45, 2.75) is 27.7 Å². The first-order valence-corrected chi connectivity index (χ1v) is 7.28. The van der Waals surface area contributed by atoms with Crippen LogP contribution >= 0.6 is 15.9 Å². The molecule has 1 rings (SSSR count). The number of rotatable bonds is 6. The van der Waals surface area contributed by atoms with E-state index in [0.29, 0.717) is 17.9 Å². The van der Waals surface area contributed by atoms with Crippen LogP contribution in [0, 0.1) is 11.3 Å². The molecule has 0 aliphatic rings. The smallest absolute Gasteiger partial charge is 0.119 e. The van der Waals surface area contributed by atoms with Crippen LogP contribution in [0.15, 0.2) is 28.7 Å². The molecular weight excluding hydrogens is 290 g/mol. The maximum Gasteiger partial charge on any atom is 0.119 e. The van der Waals surface area contributed by atoms with Gasteiger partial charge in [-0.2, -0.15) is 0 Å². The fourth-order valence-electron chi connectivity index (χ4n) is 1.40. The minimum Gasteiger partial charge on any atom is -0.492 e. The number of hydrogen-bond donors (Lipinski definition) is 1. The van der Waals surface area contributed by atoms with Gasteiger partial charge in [-0.1, -0.05) is 43.6 Å². The molecule has 18 heavy (non-hydrogen) atoms. The second-order valence-corrected chi connectivity index (χ2v) is 6.69. The summed E-state index contributed by atoms with van der Waals surface area (Å²) >= 11 is 3.41. The predicted molar refractivity (Wildman–Crippen MR) is 81.1 cm³/mol. The van der Waals surface area contributed by atoms with Crippen molar-refractivity contribution in [2.75, 3.05) is 19.7 Å². The van der Waals surface area contributed by atoms with Crippen LogP contribution < -0.4 is 10.1 Å². The second-order valence-electron chi connectivity index (χ2n) is 5.77. The van der Waals surface area contributed by atoms with Gasteiger partial charge < -0.3 is 10.1 Å². The van der Waals surface area contributed by atoms with Crippen molar-refractivity contribution in [3.05, 3.63) is 28.7 Å². The molecule has 0 bridgehead atoms. The van der Waals surface area contributed by atoms with Crippen molar-refractivity contribution in [2.24, 2.45) is 11.3 Å². The van der Waals surface area contributed by atoms with E-state index in [1.807, 2.05) is 24.3 Å². The molecule has 0 radical (unpaired) electrons. The summed E-state index contributed by atoms with van der Waals surface area (Å²) in [6, 6.07) is 7.93. The summed E-state index contributed by atoms with van der Waals surface area (Å²) < 4.78 is 6.72. The predicted octanol–water partition coefficient (Wildman–Crippen LogP) is 4.10. The lowest BCUT2D eigenvalue weighted by molar-refractivity contribution is 0.243. The summed E-state index contributed by atoms with van der Waals surface area (Å²) in [5.41, 5.74) is 0.361. The molecular formula is C15H24BrNO. The third-order valence-corrected chi connectivity index (χ3v) is 3.82. The number of nitrogens with one attached hydrogen (secondary N) is 1. The van der Waals surface area contributed by atoms with Gasteiger partial charge in [0.1, 0.15) is 12.4 Å². The largest absolute Gasteiger partial charge is 0.492 e.